The molecule has 0 bridgehead atoms. The monoisotopic (exact) mass is 338 g/mol. The van der Waals surface area contributed by atoms with Crippen molar-refractivity contribution < 1.29 is 9.84 Å². The van der Waals surface area contributed by atoms with Crippen molar-refractivity contribution in [1.82, 2.24) is 14.5 Å². The van der Waals surface area contributed by atoms with Crippen LogP contribution in [0.15, 0.2) is 42.7 Å². The Balaban J connectivity index is 1.59. The second-order valence-corrected chi connectivity index (χ2v) is 6.50. The molecule has 0 aliphatic heterocycles. The van der Waals surface area contributed by atoms with Gasteiger partial charge in [0.2, 0.25) is 5.95 Å². The van der Waals surface area contributed by atoms with Crippen molar-refractivity contribution in [3.05, 3.63) is 42.7 Å². The quantitative estimate of drug-likeness (QED) is 0.764. The maximum absolute atomic E-state index is 9.63. The molecule has 6 nitrogen and oxygen atoms in total. The predicted molar refractivity (Wildman–Crippen MR) is 97.3 cm³/mol. The zero-order valence-corrected chi connectivity index (χ0v) is 14.2. The first-order valence-electron chi connectivity index (χ1n) is 8.66. The molecule has 0 saturated heterocycles. The summed E-state index contributed by atoms with van der Waals surface area (Å²) in [7, 11) is 1.67. The molecule has 1 saturated carbocycles. The van der Waals surface area contributed by atoms with E-state index in [2.05, 4.69) is 21.4 Å². The number of rotatable bonds is 4. The van der Waals surface area contributed by atoms with Gasteiger partial charge in [0.15, 0.2) is 0 Å². The van der Waals surface area contributed by atoms with E-state index in [1.54, 1.807) is 13.3 Å². The molecule has 25 heavy (non-hydrogen) atoms. The van der Waals surface area contributed by atoms with Crippen molar-refractivity contribution in [1.29, 1.82) is 0 Å². The van der Waals surface area contributed by atoms with Gasteiger partial charge in [-0.05, 0) is 56.0 Å². The average molecular weight is 338 g/mol. The Morgan fingerprint density at radius 3 is 2.80 bits per heavy atom. The molecule has 3 aromatic rings. The molecule has 2 heterocycles. The number of ether oxygens (including phenoxy) is 1. The summed E-state index contributed by atoms with van der Waals surface area (Å²) < 4.78 is 7.33. The number of aliphatic hydroxyl groups excluding tert-OH is 1. The summed E-state index contributed by atoms with van der Waals surface area (Å²) in [6, 6.07) is 10.3. The van der Waals surface area contributed by atoms with Gasteiger partial charge >= 0.3 is 0 Å². The number of aromatic nitrogens is 3. The Morgan fingerprint density at radius 1 is 1.16 bits per heavy atom. The van der Waals surface area contributed by atoms with Crippen molar-refractivity contribution >= 4 is 16.9 Å². The highest BCUT2D eigenvalue weighted by Gasteiger charge is 2.20. The zero-order valence-electron chi connectivity index (χ0n) is 14.2. The lowest BCUT2D eigenvalue weighted by Gasteiger charge is -2.26. The number of aliphatic hydroxyl groups is 1. The number of fused-ring (bicyclic) bond motifs is 1. The Kier molecular flexibility index (Phi) is 4.28. The summed E-state index contributed by atoms with van der Waals surface area (Å²) in [5, 5.41) is 14.1. The average Bonchev–Trinajstić information content (AvgIpc) is 3.07. The minimum absolute atomic E-state index is 0.159. The van der Waals surface area contributed by atoms with Gasteiger partial charge in [0.05, 0.1) is 18.7 Å². The third-order valence-corrected chi connectivity index (χ3v) is 4.82. The molecule has 1 fully saturated rings. The largest absolute Gasteiger partial charge is 0.497 e. The molecule has 0 unspecified atom stereocenters. The molecule has 0 atom stereocenters. The normalized spacial score (nSPS) is 20.6. The standard InChI is InChI=1S/C19H22N4O2/c1-25-16-6-7-17-13(12-16)9-11-23(17)18-8-10-20-19(22-18)21-14-2-4-15(24)5-3-14/h6-12,14-15,24H,2-5H2,1H3,(H,20,21,22)/t14-,15-. The SMILES string of the molecule is COc1ccc2c(ccn2-c2ccnc(N[C@H]3CC[C@H](O)CC3)n2)c1. The van der Waals surface area contributed by atoms with Gasteiger partial charge in [-0.15, -0.1) is 0 Å². The Hall–Kier alpha value is -2.60. The minimum Gasteiger partial charge on any atom is -0.497 e. The molecular weight excluding hydrogens is 316 g/mol. The van der Waals surface area contributed by atoms with E-state index in [1.165, 1.54) is 0 Å². The van der Waals surface area contributed by atoms with Crippen LogP contribution in [0.25, 0.3) is 16.7 Å². The van der Waals surface area contributed by atoms with E-state index in [0.717, 1.165) is 48.2 Å². The second-order valence-electron chi connectivity index (χ2n) is 6.50. The number of methoxy groups -OCH3 is 1. The van der Waals surface area contributed by atoms with Gasteiger partial charge < -0.3 is 19.7 Å². The molecule has 1 aromatic carbocycles. The summed E-state index contributed by atoms with van der Waals surface area (Å²) >= 11 is 0. The van der Waals surface area contributed by atoms with Gasteiger partial charge in [-0.3, -0.25) is 0 Å². The Labute approximate surface area is 146 Å². The van der Waals surface area contributed by atoms with E-state index in [0.29, 0.717) is 12.0 Å². The molecule has 1 aliphatic carbocycles. The van der Waals surface area contributed by atoms with E-state index in [4.69, 9.17) is 4.74 Å². The fourth-order valence-electron chi connectivity index (χ4n) is 3.40. The molecule has 2 N–H and O–H groups in total. The van der Waals surface area contributed by atoms with Crippen LogP contribution in [-0.2, 0) is 0 Å². The van der Waals surface area contributed by atoms with E-state index in [-0.39, 0.29) is 6.10 Å². The van der Waals surface area contributed by atoms with Crippen LogP contribution in [0.1, 0.15) is 25.7 Å². The van der Waals surface area contributed by atoms with Crippen LogP contribution in [0.4, 0.5) is 5.95 Å². The molecule has 0 amide bonds. The fraction of sp³-hybridized carbons (Fsp3) is 0.368. The van der Waals surface area contributed by atoms with E-state index in [1.807, 2.05) is 35.0 Å². The maximum atomic E-state index is 9.63. The van der Waals surface area contributed by atoms with Crippen LogP contribution in [0.5, 0.6) is 5.75 Å². The predicted octanol–water partition coefficient (Wildman–Crippen LogP) is 3.14. The van der Waals surface area contributed by atoms with Crippen molar-refractivity contribution in [2.75, 3.05) is 12.4 Å². The maximum Gasteiger partial charge on any atom is 0.224 e. The first kappa shape index (κ1) is 15.9. The Morgan fingerprint density at radius 2 is 2.00 bits per heavy atom. The van der Waals surface area contributed by atoms with E-state index in [9.17, 15) is 5.11 Å². The van der Waals surface area contributed by atoms with Gasteiger partial charge in [-0.25, -0.2) is 4.98 Å². The lowest BCUT2D eigenvalue weighted by atomic mass is 9.93. The smallest absolute Gasteiger partial charge is 0.224 e. The zero-order chi connectivity index (χ0) is 17.2. The fourth-order valence-corrected chi connectivity index (χ4v) is 3.40. The van der Waals surface area contributed by atoms with Gasteiger partial charge in [-0.2, -0.15) is 4.98 Å². The third-order valence-electron chi connectivity index (χ3n) is 4.82. The first-order chi connectivity index (χ1) is 12.2. The highest BCUT2D eigenvalue weighted by Crippen LogP contribution is 2.25. The Bertz CT molecular complexity index is 869. The molecule has 2 aromatic heterocycles. The summed E-state index contributed by atoms with van der Waals surface area (Å²) in [4.78, 5) is 9.02. The van der Waals surface area contributed by atoms with Crippen molar-refractivity contribution in [2.45, 2.75) is 37.8 Å². The van der Waals surface area contributed by atoms with Crippen LogP contribution in [-0.4, -0.2) is 38.9 Å². The molecule has 130 valence electrons. The van der Waals surface area contributed by atoms with E-state index < -0.39 is 0 Å². The van der Waals surface area contributed by atoms with Crippen LogP contribution in [0.2, 0.25) is 0 Å². The number of hydrogen-bond donors (Lipinski definition) is 2. The van der Waals surface area contributed by atoms with Crippen LogP contribution >= 0.6 is 0 Å². The molecule has 0 radical (unpaired) electrons. The summed E-state index contributed by atoms with van der Waals surface area (Å²) in [6.45, 7) is 0. The lowest BCUT2D eigenvalue weighted by molar-refractivity contribution is 0.126. The van der Waals surface area contributed by atoms with Gasteiger partial charge in [0.1, 0.15) is 11.6 Å². The number of nitrogens with zero attached hydrogens (tertiary/aromatic N) is 3. The third kappa shape index (κ3) is 3.30. The highest BCUT2D eigenvalue weighted by molar-refractivity contribution is 5.83. The first-order valence-corrected chi connectivity index (χ1v) is 8.66. The number of anilines is 1. The summed E-state index contributed by atoms with van der Waals surface area (Å²) in [5.74, 6) is 2.30. The van der Waals surface area contributed by atoms with Gasteiger partial charge in [0, 0.05) is 23.8 Å². The van der Waals surface area contributed by atoms with E-state index >= 15 is 0 Å². The van der Waals surface area contributed by atoms with Gasteiger partial charge in [0.25, 0.3) is 0 Å². The second kappa shape index (κ2) is 6.72. The summed E-state index contributed by atoms with van der Waals surface area (Å²) in [5.41, 5.74) is 1.08. The van der Waals surface area contributed by atoms with Gasteiger partial charge in [-0.1, -0.05) is 0 Å². The minimum atomic E-state index is -0.159. The molecular formula is C19H22N4O2. The molecule has 1 aliphatic rings. The van der Waals surface area contributed by atoms with Crippen LogP contribution in [0, 0.1) is 0 Å². The van der Waals surface area contributed by atoms with Crippen molar-refractivity contribution in [3.8, 4) is 11.6 Å². The number of benzene rings is 1. The topological polar surface area (TPSA) is 72.2 Å². The highest BCUT2D eigenvalue weighted by atomic mass is 16.5. The molecule has 0 spiro atoms. The number of nitrogens with one attached hydrogen (secondary N) is 1. The molecule has 4 rings (SSSR count). The number of hydrogen-bond acceptors (Lipinski definition) is 5. The lowest BCUT2D eigenvalue weighted by Crippen LogP contribution is -2.29. The molecule has 6 heteroatoms. The van der Waals surface area contributed by atoms with Crippen molar-refractivity contribution in [2.24, 2.45) is 0 Å². The van der Waals surface area contributed by atoms with Crippen molar-refractivity contribution in [3.63, 3.8) is 0 Å². The summed E-state index contributed by atoms with van der Waals surface area (Å²) in [6.07, 6.45) is 7.18. The van der Waals surface area contributed by atoms with Crippen LogP contribution in [0.3, 0.4) is 0 Å². The van der Waals surface area contributed by atoms with Crippen LogP contribution < -0.4 is 10.1 Å².